The van der Waals surface area contributed by atoms with Crippen molar-refractivity contribution in [3.8, 4) is 0 Å². The summed E-state index contributed by atoms with van der Waals surface area (Å²) >= 11 is 0. The lowest BCUT2D eigenvalue weighted by Crippen LogP contribution is -3.00. The first-order valence-electron chi connectivity index (χ1n) is 4.18. The summed E-state index contributed by atoms with van der Waals surface area (Å²) in [6, 6.07) is 0. The molecule has 0 spiro atoms. The fraction of sp³-hybridized carbons (Fsp3) is 0.875. The molecule has 1 saturated heterocycles. The maximum atomic E-state index is 10.3. The molecule has 0 aromatic rings. The van der Waals surface area contributed by atoms with E-state index in [1.54, 1.807) is 0 Å². The predicted molar refractivity (Wildman–Crippen MR) is 42.3 cm³/mol. The van der Waals surface area contributed by atoms with E-state index >= 15 is 0 Å². The van der Waals surface area contributed by atoms with Crippen molar-refractivity contribution in [2.24, 2.45) is 0 Å². The Bertz CT molecular complexity index is 155. The number of hydrogen-bond acceptors (Lipinski definition) is 1. The molecule has 1 fully saturated rings. The number of likely N-dealkylation sites (tertiary alicyclic amines) is 1. The van der Waals surface area contributed by atoms with E-state index in [0.717, 1.165) is 24.1 Å². The number of aliphatic carboxylic acids is 1. The van der Waals surface area contributed by atoms with E-state index in [4.69, 9.17) is 5.11 Å². The highest BCUT2D eigenvalue weighted by Crippen LogP contribution is 2.16. The maximum absolute atomic E-state index is 10.3. The van der Waals surface area contributed by atoms with E-state index in [2.05, 4.69) is 7.05 Å². The minimum absolute atomic E-state index is 0. The smallest absolute Gasteiger partial charge is 0.309 e. The maximum Gasteiger partial charge on any atom is 0.309 e. The molecule has 1 aliphatic heterocycles. The molecule has 3 nitrogen and oxygen atoms in total. The lowest BCUT2D eigenvalue weighted by Gasteiger charge is -2.28. The molecule has 0 aromatic heterocycles. The predicted octanol–water partition coefficient (Wildman–Crippen LogP) is -2.29. The first-order valence-corrected chi connectivity index (χ1v) is 4.18. The molecular weight excluding hydrogens is 178 g/mol. The van der Waals surface area contributed by atoms with Gasteiger partial charge >= 0.3 is 5.97 Å². The van der Waals surface area contributed by atoms with Crippen LogP contribution < -0.4 is 12.4 Å². The van der Waals surface area contributed by atoms with Crippen molar-refractivity contribution in [3.05, 3.63) is 0 Å². The number of rotatable bonds is 3. The van der Waals surface area contributed by atoms with Crippen LogP contribution in [0.2, 0.25) is 0 Å². The molecule has 1 heterocycles. The molecular formula is C8H16ClNO2. The highest BCUT2D eigenvalue weighted by Gasteiger charge is 2.26. The number of nitrogens with zero attached hydrogens (tertiary/aromatic N) is 1. The van der Waals surface area contributed by atoms with E-state index in [1.165, 1.54) is 12.8 Å². The number of carboxylic acid groups (broad SMARTS) is 1. The lowest BCUT2D eigenvalue weighted by atomic mass is 10.3. The van der Waals surface area contributed by atoms with Gasteiger partial charge in [0.1, 0.15) is 0 Å². The van der Waals surface area contributed by atoms with Crippen molar-refractivity contribution in [1.82, 2.24) is 0 Å². The minimum Gasteiger partial charge on any atom is -1.00 e. The zero-order valence-electron chi connectivity index (χ0n) is 7.42. The average Bonchev–Trinajstić information content (AvgIpc) is 2.33. The molecule has 0 saturated carbocycles. The highest BCUT2D eigenvalue weighted by atomic mass is 35.5. The molecule has 12 heavy (non-hydrogen) atoms. The summed E-state index contributed by atoms with van der Waals surface area (Å²) in [5.74, 6) is -0.670. The van der Waals surface area contributed by atoms with Crippen LogP contribution >= 0.6 is 0 Å². The molecule has 1 rings (SSSR count). The van der Waals surface area contributed by atoms with Crippen LogP contribution in [0.1, 0.15) is 19.3 Å². The van der Waals surface area contributed by atoms with Gasteiger partial charge in [-0.25, -0.2) is 0 Å². The molecule has 0 aliphatic carbocycles. The van der Waals surface area contributed by atoms with Gasteiger partial charge in [0, 0.05) is 12.8 Å². The summed E-state index contributed by atoms with van der Waals surface area (Å²) in [6.45, 7) is 3.12. The summed E-state index contributed by atoms with van der Waals surface area (Å²) < 4.78 is 0.965. The third kappa shape index (κ3) is 3.41. The van der Waals surface area contributed by atoms with E-state index in [-0.39, 0.29) is 12.4 Å². The van der Waals surface area contributed by atoms with Crippen molar-refractivity contribution < 1.29 is 26.8 Å². The second-order valence-electron chi connectivity index (χ2n) is 3.64. The van der Waals surface area contributed by atoms with Crippen LogP contribution in [0.5, 0.6) is 0 Å². The van der Waals surface area contributed by atoms with Gasteiger partial charge in [0.2, 0.25) is 0 Å². The van der Waals surface area contributed by atoms with Gasteiger partial charge in [0.15, 0.2) is 0 Å². The quantitative estimate of drug-likeness (QED) is 0.513. The third-order valence-corrected chi connectivity index (χ3v) is 2.51. The summed E-state index contributed by atoms with van der Waals surface area (Å²) in [5, 5.41) is 8.48. The van der Waals surface area contributed by atoms with E-state index < -0.39 is 5.97 Å². The Balaban J connectivity index is 0.00000121. The molecule has 0 aromatic carbocycles. The summed E-state index contributed by atoms with van der Waals surface area (Å²) in [6.07, 6.45) is 2.84. The number of carboxylic acids is 1. The number of hydrogen-bond donors (Lipinski definition) is 1. The lowest BCUT2D eigenvalue weighted by molar-refractivity contribution is -0.897. The van der Waals surface area contributed by atoms with Crippen molar-refractivity contribution >= 4 is 5.97 Å². The molecule has 0 radical (unpaired) electrons. The third-order valence-electron chi connectivity index (χ3n) is 2.51. The molecule has 0 amide bonds. The Morgan fingerprint density at radius 1 is 1.42 bits per heavy atom. The van der Waals surface area contributed by atoms with E-state index in [9.17, 15) is 4.79 Å². The van der Waals surface area contributed by atoms with Crippen LogP contribution in [0.3, 0.4) is 0 Å². The zero-order chi connectivity index (χ0) is 8.32. The van der Waals surface area contributed by atoms with Crippen LogP contribution in [0.15, 0.2) is 0 Å². The molecule has 4 heteroatoms. The van der Waals surface area contributed by atoms with Gasteiger partial charge in [-0.2, -0.15) is 0 Å². The molecule has 0 unspecified atom stereocenters. The fourth-order valence-corrected chi connectivity index (χ4v) is 1.69. The van der Waals surface area contributed by atoms with Gasteiger partial charge in [-0.05, 0) is 0 Å². The van der Waals surface area contributed by atoms with Gasteiger partial charge in [-0.15, -0.1) is 0 Å². The Morgan fingerprint density at radius 3 is 2.33 bits per heavy atom. The molecule has 1 N–H and O–H groups in total. The summed E-state index contributed by atoms with van der Waals surface area (Å²) in [4.78, 5) is 10.3. The first-order chi connectivity index (χ1) is 5.12. The Hall–Kier alpha value is -0.280. The highest BCUT2D eigenvalue weighted by molar-refractivity contribution is 5.66. The molecule has 1 aliphatic rings. The SMILES string of the molecule is C[N+]1(CCC(=O)O)CCCC1.[Cl-]. The Labute approximate surface area is 79.4 Å². The largest absolute Gasteiger partial charge is 1.00 e. The van der Waals surface area contributed by atoms with Crippen molar-refractivity contribution in [2.75, 3.05) is 26.7 Å². The van der Waals surface area contributed by atoms with E-state index in [0.29, 0.717) is 6.42 Å². The average molecular weight is 194 g/mol. The van der Waals surface area contributed by atoms with Crippen LogP contribution in [-0.4, -0.2) is 42.2 Å². The van der Waals surface area contributed by atoms with Gasteiger partial charge in [0.05, 0.1) is 33.1 Å². The second kappa shape index (κ2) is 4.67. The van der Waals surface area contributed by atoms with Gasteiger partial charge in [-0.3, -0.25) is 4.79 Å². The topological polar surface area (TPSA) is 37.3 Å². The Morgan fingerprint density at radius 2 is 1.92 bits per heavy atom. The number of quaternary nitrogens is 1. The first kappa shape index (κ1) is 11.7. The standard InChI is InChI=1S/C8H15NO2.ClH/c1-9(5-2-3-6-9)7-4-8(10)11;/h2-7H2,1H3;1H. The zero-order valence-corrected chi connectivity index (χ0v) is 8.18. The van der Waals surface area contributed by atoms with Gasteiger partial charge in [0.25, 0.3) is 0 Å². The van der Waals surface area contributed by atoms with Crippen LogP contribution in [0.4, 0.5) is 0 Å². The van der Waals surface area contributed by atoms with Gasteiger partial charge in [-0.1, -0.05) is 0 Å². The second-order valence-corrected chi connectivity index (χ2v) is 3.64. The molecule has 0 atom stereocenters. The Kier molecular flexibility index (Phi) is 4.57. The number of carbonyl (C=O) groups is 1. The van der Waals surface area contributed by atoms with Gasteiger partial charge < -0.3 is 22.0 Å². The summed E-state index contributed by atoms with van der Waals surface area (Å²) in [7, 11) is 2.15. The molecule has 72 valence electrons. The van der Waals surface area contributed by atoms with Crippen LogP contribution in [0, 0.1) is 0 Å². The number of halogens is 1. The fourth-order valence-electron chi connectivity index (χ4n) is 1.69. The normalized spacial score (nSPS) is 20.1. The van der Waals surface area contributed by atoms with Crippen molar-refractivity contribution in [2.45, 2.75) is 19.3 Å². The minimum atomic E-state index is -0.670. The van der Waals surface area contributed by atoms with Crippen molar-refractivity contribution in [1.29, 1.82) is 0 Å². The molecule has 0 bridgehead atoms. The van der Waals surface area contributed by atoms with Crippen LogP contribution in [0.25, 0.3) is 0 Å². The van der Waals surface area contributed by atoms with Crippen molar-refractivity contribution in [3.63, 3.8) is 0 Å². The monoisotopic (exact) mass is 193 g/mol. The van der Waals surface area contributed by atoms with Crippen LogP contribution in [-0.2, 0) is 4.79 Å². The van der Waals surface area contributed by atoms with E-state index in [1.807, 2.05) is 0 Å². The summed E-state index contributed by atoms with van der Waals surface area (Å²) in [5.41, 5.74) is 0.